The second-order valence-electron chi connectivity index (χ2n) is 3.63. The quantitative estimate of drug-likeness (QED) is 0.839. The van der Waals surface area contributed by atoms with Crippen LogP contribution in [0.4, 0.5) is 4.39 Å². The molecule has 0 fully saturated rings. The Balaban J connectivity index is 2.48. The van der Waals surface area contributed by atoms with Crippen molar-refractivity contribution in [2.75, 3.05) is 6.54 Å². The van der Waals surface area contributed by atoms with Gasteiger partial charge in [-0.15, -0.1) is 0 Å². The van der Waals surface area contributed by atoms with Crippen molar-refractivity contribution in [1.82, 2.24) is 0 Å². The summed E-state index contributed by atoms with van der Waals surface area (Å²) in [4.78, 5) is 0. The summed E-state index contributed by atoms with van der Waals surface area (Å²) < 4.78 is 19.1. The van der Waals surface area contributed by atoms with Gasteiger partial charge in [0.25, 0.3) is 0 Å². The molecule has 0 saturated carbocycles. The Morgan fingerprint density at radius 2 is 2.13 bits per heavy atom. The van der Waals surface area contributed by atoms with Crippen molar-refractivity contribution in [1.29, 1.82) is 0 Å². The number of aryl methyl sites for hydroxylation is 1. The molecule has 1 aromatic heterocycles. The number of furan rings is 1. The van der Waals surface area contributed by atoms with Gasteiger partial charge in [0.2, 0.25) is 0 Å². The topological polar surface area (TPSA) is 39.2 Å². The zero-order valence-corrected chi connectivity index (χ0v) is 8.66. The molecule has 2 aromatic rings. The molecular weight excluding hydrogens is 193 g/mol. The fourth-order valence-electron chi connectivity index (χ4n) is 1.77. The number of para-hydroxylation sites is 1. The lowest BCUT2D eigenvalue weighted by Crippen LogP contribution is -2.03. The molecule has 0 aliphatic carbocycles. The number of nitrogens with two attached hydrogens (primary N) is 1. The first-order valence-electron chi connectivity index (χ1n) is 5.06. The van der Waals surface area contributed by atoms with Crippen molar-refractivity contribution in [2.24, 2.45) is 5.73 Å². The fourth-order valence-corrected chi connectivity index (χ4v) is 1.77. The van der Waals surface area contributed by atoms with E-state index in [2.05, 4.69) is 0 Å². The van der Waals surface area contributed by atoms with Crippen molar-refractivity contribution in [3.8, 4) is 0 Å². The van der Waals surface area contributed by atoms with Gasteiger partial charge in [0, 0.05) is 10.9 Å². The molecular formula is C12H14FNO. The Kier molecular flexibility index (Phi) is 2.73. The second-order valence-corrected chi connectivity index (χ2v) is 3.63. The van der Waals surface area contributed by atoms with Gasteiger partial charge in [0.15, 0.2) is 6.17 Å². The number of alkyl halides is 1. The van der Waals surface area contributed by atoms with E-state index in [4.69, 9.17) is 10.2 Å². The smallest absolute Gasteiger partial charge is 0.159 e. The molecule has 1 atom stereocenters. The minimum absolute atomic E-state index is 0.306. The number of hydrogen-bond donors (Lipinski definition) is 1. The van der Waals surface area contributed by atoms with E-state index in [1.807, 2.05) is 31.2 Å². The summed E-state index contributed by atoms with van der Waals surface area (Å²) in [5, 5.41) is 0.979. The summed E-state index contributed by atoms with van der Waals surface area (Å²) in [6.45, 7) is 2.21. The average Bonchev–Trinajstić information content (AvgIpc) is 2.57. The lowest BCUT2D eigenvalue weighted by molar-refractivity contribution is 0.278. The van der Waals surface area contributed by atoms with Crippen LogP contribution in [0.25, 0.3) is 11.0 Å². The Labute approximate surface area is 87.9 Å². The SMILES string of the molecule is Cc1c(C(F)CCN)oc2ccccc12. The predicted octanol–water partition coefficient (Wildman–Crippen LogP) is 3.10. The highest BCUT2D eigenvalue weighted by molar-refractivity contribution is 5.81. The first-order valence-corrected chi connectivity index (χ1v) is 5.06. The summed E-state index contributed by atoms with van der Waals surface area (Å²) in [6.07, 6.45) is -0.789. The maximum atomic E-state index is 13.7. The van der Waals surface area contributed by atoms with Crippen LogP contribution in [0.3, 0.4) is 0 Å². The van der Waals surface area contributed by atoms with E-state index in [1.54, 1.807) is 0 Å². The van der Waals surface area contributed by atoms with E-state index in [1.165, 1.54) is 0 Å². The normalized spacial score (nSPS) is 13.3. The van der Waals surface area contributed by atoms with Gasteiger partial charge in [0.1, 0.15) is 11.3 Å². The van der Waals surface area contributed by atoms with Crippen LogP contribution in [0.2, 0.25) is 0 Å². The zero-order valence-electron chi connectivity index (χ0n) is 8.66. The van der Waals surface area contributed by atoms with E-state index in [0.717, 1.165) is 16.5 Å². The van der Waals surface area contributed by atoms with Crippen LogP contribution in [-0.2, 0) is 0 Å². The van der Waals surface area contributed by atoms with Crippen molar-refractivity contribution in [3.63, 3.8) is 0 Å². The molecule has 2 rings (SSSR count). The van der Waals surface area contributed by atoms with Crippen LogP contribution in [-0.4, -0.2) is 6.54 Å². The molecule has 1 unspecified atom stereocenters. The van der Waals surface area contributed by atoms with Crippen LogP contribution in [0, 0.1) is 6.92 Å². The van der Waals surface area contributed by atoms with Crippen LogP contribution in [0.15, 0.2) is 28.7 Å². The Morgan fingerprint density at radius 3 is 2.80 bits per heavy atom. The molecule has 0 saturated heterocycles. The summed E-state index contributed by atoms with van der Waals surface area (Å²) in [5.74, 6) is 0.418. The third-order valence-corrected chi connectivity index (χ3v) is 2.59. The standard InChI is InChI=1S/C12H14FNO/c1-8-9-4-2-3-5-11(9)15-12(8)10(13)6-7-14/h2-5,10H,6-7,14H2,1H3. The summed E-state index contributed by atoms with van der Waals surface area (Å²) >= 11 is 0. The van der Waals surface area contributed by atoms with E-state index < -0.39 is 6.17 Å². The Bertz CT molecular complexity index is 464. The highest BCUT2D eigenvalue weighted by Gasteiger charge is 2.18. The van der Waals surface area contributed by atoms with Crippen LogP contribution in [0.5, 0.6) is 0 Å². The fraction of sp³-hybridized carbons (Fsp3) is 0.333. The van der Waals surface area contributed by atoms with Gasteiger partial charge >= 0.3 is 0 Å². The second kappa shape index (κ2) is 4.03. The molecule has 2 nitrogen and oxygen atoms in total. The number of rotatable bonds is 3. The molecule has 0 spiro atoms. The first-order chi connectivity index (χ1) is 7.24. The van der Waals surface area contributed by atoms with Crippen molar-refractivity contribution in [2.45, 2.75) is 19.5 Å². The molecule has 0 aliphatic rings. The lowest BCUT2D eigenvalue weighted by atomic mass is 10.1. The highest BCUT2D eigenvalue weighted by atomic mass is 19.1. The van der Waals surface area contributed by atoms with Gasteiger partial charge in [-0.2, -0.15) is 0 Å². The Hall–Kier alpha value is -1.35. The van der Waals surface area contributed by atoms with Gasteiger partial charge in [-0.05, 0) is 26.0 Å². The zero-order chi connectivity index (χ0) is 10.8. The highest BCUT2D eigenvalue weighted by Crippen LogP contribution is 2.32. The third kappa shape index (κ3) is 1.75. The van der Waals surface area contributed by atoms with Crippen molar-refractivity contribution in [3.05, 3.63) is 35.6 Å². The number of halogens is 1. The minimum Gasteiger partial charge on any atom is -0.458 e. The van der Waals surface area contributed by atoms with Crippen LogP contribution in [0.1, 0.15) is 23.9 Å². The molecule has 1 aromatic carbocycles. The van der Waals surface area contributed by atoms with Gasteiger partial charge in [-0.1, -0.05) is 18.2 Å². The minimum atomic E-state index is -1.10. The summed E-state index contributed by atoms with van der Waals surface area (Å²) in [7, 11) is 0. The van der Waals surface area contributed by atoms with E-state index in [9.17, 15) is 4.39 Å². The molecule has 0 amide bonds. The first kappa shape index (κ1) is 10.2. The van der Waals surface area contributed by atoms with Gasteiger partial charge in [-0.3, -0.25) is 0 Å². The molecule has 15 heavy (non-hydrogen) atoms. The van der Waals surface area contributed by atoms with Gasteiger partial charge in [-0.25, -0.2) is 4.39 Å². The molecule has 3 heteroatoms. The molecule has 1 heterocycles. The van der Waals surface area contributed by atoms with Crippen LogP contribution < -0.4 is 5.73 Å². The third-order valence-electron chi connectivity index (χ3n) is 2.59. The average molecular weight is 207 g/mol. The molecule has 80 valence electrons. The summed E-state index contributed by atoms with van der Waals surface area (Å²) in [6, 6.07) is 7.59. The maximum absolute atomic E-state index is 13.7. The monoisotopic (exact) mass is 207 g/mol. The number of fused-ring (bicyclic) bond motifs is 1. The van der Waals surface area contributed by atoms with Gasteiger partial charge < -0.3 is 10.2 Å². The molecule has 0 radical (unpaired) electrons. The molecule has 0 bridgehead atoms. The van der Waals surface area contributed by atoms with E-state index in [0.29, 0.717) is 18.7 Å². The maximum Gasteiger partial charge on any atom is 0.159 e. The van der Waals surface area contributed by atoms with Crippen molar-refractivity contribution < 1.29 is 8.81 Å². The Morgan fingerprint density at radius 1 is 1.40 bits per heavy atom. The number of hydrogen-bond acceptors (Lipinski definition) is 2. The van der Waals surface area contributed by atoms with Gasteiger partial charge in [0.05, 0.1) is 0 Å². The predicted molar refractivity (Wildman–Crippen MR) is 58.5 cm³/mol. The largest absolute Gasteiger partial charge is 0.458 e. The molecule has 2 N–H and O–H groups in total. The molecule has 0 aliphatic heterocycles. The van der Waals surface area contributed by atoms with Crippen LogP contribution >= 0.6 is 0 Å². The van der Waals surface area contributed by atoms with E-state index >= 15 is 0 Å². The van der Waals surface area contributed by atoms with E-state index in [-0.39, 0.29) is 0 Å². The summed E-state index contributed by atoms with van der Waals surface area (Å²) in [5.41, 5.74) is 6.95. The lowest BCUT2D eigenvalue weighted by Gasteiger charge is -2.03. The van der Waals surface area contributed by atoms with Crippen molar-refractivity contribution >= 4 is 11.0 Å². The number of benzene rings is 1.